The maximum absolute atomic E-state index is 3.98. The fraction of sp³-hybridized carbons (Fsp3) is 0.857. The third kappa shape index (κ3) is 3.98. The van der Waals surface area contributed by atoms with E-state index in [1.165, 1.54) is 38.5 Å². The van der Waals surface area contributed by atoms with Crippen molar-refractivity contribution < 1.29 is 0 Å². The molecule has 0 aromatic carbocycles. The summed E-state index contributed by atoms with van der Waals surface area (Å²) >= 11 is 0. The fourth-order valence-electron chi connectivity index (χ4n) is 2.78. The van der Waals surface area contributed by atoms with Crippen LogP contribution in [0, 0.1) is 11.8 Å². The molecular formula is C14H27N. The van der Waals surface area contributed by atoms with E-state index in [2.05, 4.69) is 31.8 Å². The Morgan fingerprint density at radius 1 is 1.40 bits per heavy atom. The first-order chi connectivity index (χ1) is 7.31. The summed E-state index contributed by atoms with van der Waals surface area (Å²) in [6.07, 6.45) is 10.4. The highest BCUT2D eigenvalue weighted by Gasteiger charge is 2.25. The van der Waals surface area contributed by atoms with Crippen LogP contribution in [0.5, 0.6) is 0 Å². The zero-order chi connectivity index (χ0) is 11.1. The van der Waals surface area contributed by atoms with Crippen LogP contribution < -0.4 is 5.32 Å². The Kier molecular flexibility index (Phi) is 6.00. The monoisotopic (exact) mass is 209 g/mol. The summed E-state index contributed by atoms with van der Waals surface area (Å²) in [7, 11) is 0. The zero-order valence-corrected chi connectivity index (χ0v) is 10.5. The Labute approximate surface area is 95.3 Å². The van der Waals surface area contributed by atoms with Crippen molar-refractivity contribution in [2.45, 2.75) is 58.4 Å². The molecule has 0 saturated heterocycles. The molecule has 0 aromatic rings. The summed E-state index contributed by atoms with van der Waals surface area (Å²) in [5, 5.41) is 3.62. The van der Waals surface area contributed by atoms with Crippen molar-refractivity contribution >= 4 is 0 Å². The van der Waals surface area contributed by atoms with Crippen molar-refractivity contribution in [3.05, 3.63) is 12.7 Å². The van der Waals surface area contributed by atoms with Crippen LogP contribution in [0.25, 0.3) is 0 Å². The molecule has 0 radical (unpaired) electrons. The highest BCUT2D eigenvalue weighted by molar-refractivity contribution is 4.93. The minimum absolute atomic E-state index is 0.555. The van der Waals surface area contributed by atoms with Crippen molar-refractivity contribution in [1.82, 2.24) is 5.32 Å². The molecule has 15 heavy (non-hydrogen) atoms. The Morgan fingerprint density at radius 2 is 2.20 bits per heavy atom. The van der Waals surface area contributed by atoms with E-state index in [-0.39, 0.29) is 0 Å². The van der Waals surface area contributed by atoms with E-state index in [0.29, 0.717) is 6.04 Å². The van der Waals surface area contributed by atoms with Crippen LogP contribution in [-0.4, -0.2) is 12.6 Å². The van der Waals surface area contributed by atoms with Crippen LogP contribution in [0.2, 0.25) is 0 Å². The average Bonchev–Trinajstić information content (AvgIpc) is 2.30. The number of hydrogen-bond acceptors (Lipinski definition) is 1. The lowest BCUT2D eigenvalue weighted by Gasteiger charge is -2.33. The maximum atomic E-state index is 3.98. The average molecular weight is 209 g/mol. The minimum atomic E-state index is 0.555. The topological polar surface area (TPSA) is 12.0 Å². The van der Waals surface area contributed by atoms with E-state index in [4.69, 9.17) is 0 Å². The van der Waals surface area contributed by atoms with Crippen LogP contribution in [0.3, 0.4) is 0 Å². The van der Waals surface area contributed by atoms with Crippen molar-refractivity contribution in [1.29, 1.82) is 0 Å². The largest absolute Gasteiger partial charge is 0.310 e. The molecule has 0 heterocycles. The number of hydrogen-bond donors (Lipinski definition) is 1. The highest BCUT2D eigenvalue weighted by atomic mass is 14.9. The molecule has 1 aliphatic rings. The van der Waals surface area contributed by atoms with Gasteiger partial charge in [0, 0.05) is 6.04 Å². The molecule has 1 rings (SSSR count). The third-order valence-corrected chi connectivity index (χ3v) is 3.79. The predicted molar refractivity (Wildman–Crippen MR) is 68.0 cm³/mol. The summed E-state index contributed by atoms with van der Waals surface area (Å²) in [6.45, 7) is 9.66. The van der Waals surface area contributed by atoms with E-state index in [9.17, 15) is 0 Å². The fourth-order valence-corrected chi connectivity index (χ4v) is 2.78. The van der Waals surface area contributed by atoms with Gasteiger partial charge in [-0.15, -0.1) is 6.58 Å². The van der Waals surface area contributed by atoms with Gasteiger partial charge in [-0.25, -0.2) is 0 Å². The molecule has 1 fully saturated rings. The molecular weight excluding hydrogens is 182 g/mol. The molecule has 3 unspecified atom stereocenters. The highest BCUT2D eigenvalue weighted by Crippen LogP contribution is 2.33. The third-order valence-electron chi connectivity index (χ3n) is 3.79. The van der Waals surface area contributed by atoms with E-state index in [1.807, 2.05) is 0 Å². The quantitative estimate of drug-likeness (QED) is 0.657. The summed E-state index contributed by atoms with van der Waals surface area (Å²) in [4.78, 5) is 0. The molecule has 1 N–H and O–H groups in total. The second kappa shape index (κ2) is 7.05. The Morgan fingerprint density at radius 3 is 2.80 bits per heavy atom. The Bertz CT molecular complexity index is 176. The number of rotatable bonds is 6. The molecule has 0 bridgehead atoms. The van der Waals surface area contributed by atoms with Crippen LogP contribution >= 0.6 is 0 Å². The normalized spacial score (nSPS) is 28.7. The summed E-state index contributed by atoms with van der Waals surface area (Å²) in [5.41, 5.74) is 0. The van der Waals surface area contributed by atoms with Gasteiger partial charge in [0.15, 0.2) is 0 Å². The van der Waals surface area contributed by atoms with Crippen LogP contribution in [0.1, 0.15) is 52.4 Å². The first-order valence-corrected chi connectivity index (χ1v) is 6.67. The number of nitrogens with one attached hydrogen (secondary N) is 1. The molecule has 1 nitrogen and oxygen atoms in total. The van der Waals surface area contributed by atoms with Gasteiger partial charge in [-0.05, 0) is 37.6 Å². The maximum Gasteiger partial charge on any atom is 0.0275 e. The van der Waals surface area contributed by atoms with Gasteiger partial charge in [0.1, 0.15) is 0 Å². The van der Waals surface area contributed by atoms with Crippen molar-refractivity contribution in [2.75, 3.05) is 6.54 Å². The zero-order valence-electron chi connectivity index (χ0n) is 10.5. The molecule has 0 amide bonds. The molecule has 1 heteroatoms. The molecule has 0 aliphatic heterocycles. The summed E-state index contributed by atoms with van der Waals surface area (Å²) in [5.74, 6) is 1.81. The van der Waals surface area contributed by atoms with Crippen molar-refractivity contribution in [2.24, 2.45) is 11.8 Å². The van der Waals surface area contributed by atoms with Gasteiger partial charge in [-0.2, -0.15) is 0 Å². The van der Waals surface area contributed by atoms with Crippen molar-refractivity contribution in [3.8, 4) is 0 Å². The van der Waals surface area contributed by atoms with Gasteiger partial charge in [0.25, 0.3) is 0 Å². The Balaban J connectivity index is 2.40. The van der Waals surface area contributed by atoms with Gasteiger partial charge in [0.05, 0.1) is 0 Å². The lowest BCUT2D eigenvalue weighted by Crippen LogP contribution is -2.37. The summed E-state index contributed by atoms with van der Waals surface area (Å²) in [6, 6.07) is 0.555. The van der Waals surface area contributed by atoms with Gasteiger partial charge >= 0.3 is 0 Å². The second-order valence-electron chi connectivity index (χ2n) is 4.92. The van der Waals surface area contributed by atoms with Gasteiger partial charge in [-0.3, -0.25) is 0 Å². The molecule has 88 valence electrons. The van der Waals surface area contributed by atoms with E-state index >= 15 is 0 Å². The minimum Gasteiger partial charge on any atom is -0.310 e. The van der Waals surface area contributed by atoms with Crippen LogP contribution in [0.4, 0.5) is 0 Å². The predicted octanol–water partition coefficient (Wildman–Crippen LogP) is 3.76. The smallest absolute Gasteiger partial charge is 0.0275 e. The standard InChI is InChI=1S/C14H27N/c1-4-10-15-14(6-3)13-9-7-8-12(5-2)11-13/h6,12-15H,3-5,7-11H2,1-2H3. The molecule has 0 spiro atoms. The first kappa shape index (κ1) is 12.8. The van der Waals surface area contributed by atoms with Gasteiger partial charge in [0.2, 0.25) is 0 Å². The lowest BCUT2D eigenvalue weighted by atomic mass is 9.77. The SMILES string of the molecule is C=CC(NCCC)C1CCCC(CC)C1. The molecule has 1 aliphatic carbocycles. The lowest BCUT2D eigenvalue weighted by molar-refractivity contribution is 0.228. The van der Waals surface area contributed by atoms with Gasteiger partial charge in [-0.1, -0.05) is 39.2 Å². The Hall–Kier alpha value is -0.300. The molecule has 1 saturated carbocycles. The molecule has 3 atom stereocenters. The van der Waals surface area contributed by atoms with Crippen LogP contribution in [0.15, 0.2) is 12.7 Å². The van der Waals surface area contributed by atoms with Crippen LogP contribution in [-0.2, 0) is 0 Å². The second-order valence-corrected chi connectivity index (χ2v) is 4.92. The van der Waals surface area contributed by atoms with Crippen molar-refractivity contribution in [3.63, 3.8) is 0 Å². The van der Waals surface area contributed by atoms with E-state index in [1.54, 1.807) is 0 Å². The first-order valence-electron chi connectivity index (χ1n) is 6.67. The van der Waals surface area contributed by atoms with Gasteiger partial charge < -0.3 is 5.32 Å². The summed E-state index contributed by atoms with van der Waals surface area (Å²) < 4.78 is 0. The molecule has 0 aromatic heterocycles. The van der Waals surface area contributed by atoms with E-state index < -0.39 is 0 Å². The van der Waals surface area contributed by atoms with E-state index in [0.717, 1.165) is 18.4 Å².